The number of carbonyl (C=O) groups excluding carboxylic acids is 2. The summed E-state index contributed by atoms with van der Waals surface area (Å²) in [6.07, 6.45) is -0.645. The number of halogens is 2. The van der Waals surface area contributed by atoms with Crippen molar-refractivity contribution >= 4 is 35.4 Å². The normalized spacial score (nSPS) is 22.0. The van der Waals surface area contributed by atoms with Crippen LogP contribution in [0.1, 0.15) is 26.3 Å². The van der Waals surface area contributed by atoms with Crippen LogP contribution >= 0.6 is 23.2 Å². The zero-order chi connectivity index (χ0) is 19.8. The summed E-state index contributed by atoms with van der Waals surface area (Å²) in [5.74, 6) is 0.511. The summed E-state index contributed by atoms with van der Waals surface area (Å²) in [6, 6.07) is 5.07. The van der Waals surface area contributed by atoms with Crippen molar-refractivity contribution in [1.82, 2.24) is 9.80 Å². The minimum Gasteiger partial charge on any atom is -0.445 e. The molecule has 0 bridgehead atoms. The summed E-state index contributed by atoms with van der Waals surface area (Å²) in [7, 11) is 0. The van der Waals surface area contributed by atoms with Gasteiger partial charge in [-0.3, -0.25) is 0 Å². The molecule has 2 aliphatic rings. The fourth-order valence-corrected chi connectivity index (χ4v) is 4.12. The van der Waals surface area contributed by atoms with E-state index in [1.165, 1.54) is 0 Å². The molecule has 2 atom stereocenters. The molecule has 0 radical (unpaired) electrons. The van der Waals surface area contributed by atoms with Crippen LogP contribution in [-0.2, 0) is 16.1 Å². The zero-order valence-corrected chi connectivity index (χ0v) is 17.2. The van der Waals surface area contributed by atoms with Gasteiger partial charge in [-0.1, -0.05) is 23.2 Å². The molecule has 0 spiro atoms. The molecule has 1 aromatic carbocycles. The Morgan fingerprint density at radius 3 is 1.93 bits per heavy atom. The Morgan fingerprint density at radius 2 is 1.44 bits per heavy atom. The summed E-state index contributed by atoms with van der Waals surface area (Å²) in [5, 5.41) is 1.01. The van der Waals surface area contributed by atoms with Gasteiger partial charge in [-0.2, -0.15) is 0 Å². The van der Waals surface area contributed by atoms with Gasteiger partial charge in [0.15, 0.2) is 0 Å². The molecule has 0 saturated carbocycles. The van der Waals surface area contributed by atoms with Gasteiger partial charge in [-0.25, -0.2) is 9.59 Å². The fourth-order valence-electron chi connectivity index (χ4n) is 3.55. The molecule has 0 aliphatic carbocycles. The van der Waals surface area contributed by atoms with Crippen molar-refractivity contribution in [2.75, 3.05) is 26.2 Å². The first kappa shape index (κ1) is 20.1. The van der Waals surface area contributed by atoms with Gasteiger partial charge in [0.25, 0.3) is 0 Å². The van der Waals surface area contributed by atoms with Gasteiger partial charge in [0, 0.05) is 48.1 Å². The van der Waals surface area contributed by atoms with E-state index in [4.69, 9.17) is 32.7 Å². The molecule has 2 heterocycles. The molecule has 6 nitrogen and oxygen atoms in total. The second kappa shape index (κ2) is 7.76. The maximum atomic E-state index is 12.4. The van der Waals surface area contributed by atoms with Crippen LogP contribution in [0.3, 0.4) is 0 Å². The molecule has 3 rings (SSSR count). The number of likely N-dealkylation sites (tertiary alicyclic amines) is 2. The molecular formula is C19H24Cl2N2O4. The first-order valence-electron chi connectivity index (χ1n) is 8.95. The van der Waals surface area contributed by atoms with Crippen molar-refractivity contribution in [3.8, 4) is 0 Å². The summed E-state index contributed by atoms with van der Waals surface area (Å²) >= 11 is 11.9. The molecule has 1 aromatic rings. The predicted octanol–water partition coefficient (Wildman–Crippen LogP) is 4.43. The second-order valence-corrected chi connectivity index (χ2v) is 9.02. The van der Waals surface area contributed by atoms with Crippen LogP contribution in [0.25, 0.3) is 0 Å². The van der Waals surface area contributed by atoms with Crippen molar-refractivity contribution in [3.05, 3.63) is 33.8 Å². The lowest BCUT2D eigenvalue weighted by molar-refractivity contribution is 0.0274. The smallest absolute Gasteiger partial charge is 0.410 e. The van der Waals surface area contributed by atoms with E-state index in [1.54, 1.807) is 28.0 Å². The largest absolute Gasteiger partial charge is 0.445 e. The van der Waals surface area contributed by atoms with Crippen LogP contribution in [-0.4, -0.2) is 53.8 Å². The van der Waals surface area contributed by atoms with E-state index >= 15 is 0 Å². The highest BCUT2D eigenvalue weighted by Crippen LogP contribution is 2.32. The zero-order valence-electron chi connectivity index (χ0n) is 15.7. The summed E-state index contributed by atoms with van der Waals surface area (Å²) in [6.45, 7) is 8.06. The lowest BCUT2D eigenvalue weighted by atomic mass is 10.0. The molecule has 8 heteroatoms. The minimum atomic E-state index is -0.506. The van der Waals surface area contributed by atoms with E-state index in [1.807, 2.05) is 20.8 Å². The van der Waals surface area contributed by atoms with Gasteiger partial charge in [-0.05, 0) is 44.5 Å². The Labute approximate surface area is 169 Å². The van der Waals surface area contributed by atoms with E-state index in [9.17, 15) is 9.59 Å². The Bertz CT molecular complexity index is 701. The molecule has 0 N–H and O–H groups in total. The molecule has 2 saturated heterocycles. The van der Waals surface area contributed by atoms with Gasteiger partial charge >= 0.3 is 12.2 Å². The molecule has 0 aromatic heterocycles. The van der Waals surface area contributed by atoms with Gasteiger partial charge in [0.2, 0.25) is 0 Å². The van der Waals surface area contributed by atoms with Gasteiger partial charge < -0.3 is 19.3 Å². The van der Waals surface area contributed by atoms with E-state index in [2.05, 4.69) is 0 Å². The molecular weight excluding hydrogens is 391 g/mol. The Kier molecular flexibility index (Phi) is 5.77. The van der Waals surface area contributed by atoms with Gasteiger partial charge in [0.05, 0.1) is 0 Å². The van der Waals surface area contributed by atoms with Crippen LogP contribution in [0.4, 0.5) is 9.59 Å². The minimum absolute atomic E-state index is 0.120. The van der Waals surface area contributed by atoms with Crippen LogP contribution in [0, 0.1) is 11.8 Å². The van der Waals surface area contributed by atoms with E-state index in [0.717, 1.165) is 5.56 Å². The second-order valence-electron chi connectivity index (χ2n) is 8.14. The highest BCUT2D eigenvalue weighted by Gasteiger charge is 2.44. The fraction of sp³-hybridized carbons (Fsp3) is 0.579. The Hall–Kier alpha value is -1.66. The third-order valence-corrected chi connectivity index (χ3v) is 5.12. The first-order chi connectivity index (χ1) is 12.6. The van der Waals surface area contributed by atoms with Crippen LogP contribution < -0.4 is 0 Å². The average Bonchev–Trinajstić information content (AvgIpc) is 3.08. The highest BCUT2D eigenvalue weighted by atomic mass is 35.5. The highest BCUT2D eigenvalue weighted by molar-refractivity contribution is 6.34. The van der Waals surface area contributed by atoms with Crippen LogP contribution in [0.15, 0.2) is 18.2 Å². The molecule has 148 valence electrons. The number of rotatable bonds is 2. The number of hydrogen-bond donors (Lipinski definition) is 0. The third kappa shape index (κ3) is 5.20. The summed E-state index contributed by atoms with van der Waals surface area (Å²) < 4.78 is 10.8. The van der Waals surface area contributed by atoms with Crippen LogP contribution in [0.5, 0.6) is 0 Å². The number of hydrogen-bond acceptors (Lipinski definition) is 4. The predicted molar refractivity (Wildman–Crippen MR) is 103 cm³/mol. The molecule has 2 aliphatic heterocycles. The quantitative estimate of drug-likeness (QED) is 0.717. The summed E-state index contributed by atoms with van der Waals surface area (Å²) in [4.78, 5) is 28.0. The van der Waals surface area contributed by atoms with Crippen molar-refractivity contribution in [3.63, 3.8) is 0 Å². The van der Waals surface area contributed by atoms with E-state index in [-0.39, 0.29) is 30.6 Å². The monoisotopic (exact) mass is 414 g/mol. The summed E-state index contributed by atoms with van der Waals surface area (Å²) in [5.41, 5.74) is 0.241. The maximum absolute atomic E-state index is 12.4. The lowest BCUT2D eigenvalue weighted by Crippen LogP contribution is -2.38. The molecule has 27 heavy (non-hydrogen) atoms. The average molecular weight is 415 g/mol. The Balaban J connectivity index is 1.48. The third-order valence-electron chi connectivity index (χ3n) is 4.68. The molecule has 2 fully saturated rings. The van der Waals surface area contributed by atoms with Crippen LogP contribution in [0.2, 0.25) is 10.0 Å². The molecule has 0 unspecified atom stereocenters. The number of carbonyl (C=O) groups is 2. The van der Waals surface area contributed by atoms with Gasteiger partial charge in [0.1, 0.15) is 12.2 Å². The molecule has 2 amide bonds. The van der Waals surface area contributed by atoms with Gasteiger partial charge in [-0.15, -0.1) is 0 Å². The standard InChI is InChI=1S/C19H24Cl2N2O4/c1-19(2,3)27-18(25)23-9-13-7-22(8-14(13)10-23)17(24)26-11-12-4-15(20)6-16(21)5-12/h4-6,13-14H,7-11H2,1-3H3/t13-,14+. The number of ether oxygens (including phenoxy) is 2. The van der Waals surface area contributed by atoms with Crippen molar-refractivity contribution in [1.29, 1.82) is 0 Å². The maximum Gasteiger partial charge on any atom is 0.410 e. The van der Waals surface area contributed by atoms with Crippen molar-refractivity contribution < 1.29 is 19.1 Å². The number of amides is 2. The Morgan fingerprint density at radius 1 is 0.963 bits per heavy atom. The lowest BCUT2D eigenvalue weighted by Gasteiger charge is -2.26. The topological polar surface area (TPSA) is 59.1 Å². The van der Waals surface area contributed by atoms with E-state index < -0.39 is 5.60 Å². The number of benzene rings is 1. The van der Waals surface area contributed by atoms with Crippen molar-refractivity contribution in [2.24, 2.45) is 11.8 Å². The number of fused-ring (bicyclic) bond motifs is 1. The SMILES string of the molecule is CC(C)(C)OC(=O)N1C[C@H]2CN(C(=O)OCc3cc(Cl)cc(Cl)c3)C[C@H]2C1. The van der Waals surface area contributed by atoms with E-state index in [0.29, 0.717) is 36.2 Å². The first-order valence-corrected chi connectivity index (χ1v) is 9.71. The van der Waals surface area contributed by atoms with Crippen molar-refractivity contribution in [2.45, 2.75) is 33.0 Å². The number of nitrogens with zero attached hydrogens (tertiary/aromatic N) is 2.